The molecule has 5 aromatic rings. The lowest BCUT2D eigenvalue weighted by Crippen LogP contribution is -2.38. The van der Waals surface area contributed by atoms with Crippen LogP contribution in [0, 0.1) is 61.2 Å². The molecule has 330 valence electrons. The topological polar surface area (TPSA) is 78.9 Å². The van der Waals surface area contributed by atoms with E-state index in [9.17, 15) is 4.79 Å². The molecule has 0 bridgehead atoms. The van der Waals surface area contributed by atoms with Gasteiger partial charge in [-0.15, -0.1) is 11.8 Å². The summed E-state index contributed by atoms with van der Waals surface area (Å²) in [5.74, 6) is 25.8. The number of carbonyl (C=O) groups is 1. The van der Waals surface area contributed by atoms with Gasteiger partial charge in [0.25, 0.3) is 0 Å². The van der Waals surface area contributed by atoms with Crippen molar-refractivity contribution >= 4 is 12.1 Å². The van der Waals surface area contributed by atoms with Crippen molar-refractivity contribution in [2.24, 2.45) is 0 Å². The van der Waals surface area contributed by atoms with Gasteiger partial charge in [0.15, 0.2) is 0 Å². The molecule has 8 heteroatoms. The molecule has 0 radical (unpaired) electrons. The Labute approximate surface area is 382 Å². The van der Waals surface area contributed by atoms with Crippen LogP contribution in [0.3, 0.4) is 0 Å². The normalized spacial score (nSPS) is 9.75. The van der Waals surface area contributed by atoms with Gasteiger partial charge in [-0.3, -0.25) is 8.97 Å². The van der Waals surface area contributed by atoms with Crippen LogP contribution in [0.15, 0.2) is 109 Å². The minimum absolute atomic E-state index is 0.250. The standard InChI is InChI=1S/C24H34N2O2.C19H16.C12H12O2.CO2/c1-19-9-11-21(12-10-19)13-14-22-16-23(27-17-25(3,4)5)20(2)15-24(22)28-18-26(6,7)8;1-3-5-17-10-12-19(13-11-17)15-14-18-8-6-16(4-2)7-9-18;1-3-5-10-6-8-11(9-7-10)12(13)14-4-2;2-1-3/h9-12,15-16H,17-18H2,1-8H3;6-13H,4H2,1-2H3;6-9H,4H2,1-2H3;/q+2;;;. The summed E-state index contributed by atoms with van der Waals surface area (Å²) in [6, 6.07) is 35.7. The molecule has 8 nitrogen and oxygen atoms in total. The lowest BCUT2D eigenvalue weighted by molar-refractivity contribution is -0.886. The zero-order chi connectivity index (χ0) is 47.5. The van der Waals surface area contributed by atoms with E-state index >= 15 is 0 Å². The van der Waals surface area contributed by atoms with Crippen molar-refractivity contribution in [2.75, 3.05) is 62.4 Å². The minimum Gasteiger partial charge on any atom is -0.462 e. The molecule has 0 N–H and O–H groups in total. The van der Waals surface area contributed by atoms with Crippen molar-refractivity contribution < 1.29 is 37.6 Å². The number of aryl methyl sites for hydroxylation is 3. The predicted octanol–water partition coefficient (Wildman–Crippen LogP) is 9.46. The van der Waals surface area contributed by atoms with E-state index in [4.69, 9.17) is 23.8 Å². The molecule has 0 aromatic heterocycles. The molecule has 0 aliphatic heterocycles. The van der Waals surface area contributed by atoms with Gasteiger partial charge >= 0.3 is 12.1 Å². The predicted molar refractivity (Wildman–Crippen MR) is 256 cm³/mol. The summed E-state index contributed by atoms with van der Waals surface area (Å²) in [6.45, 7) is 13.2. The minimum atomic E-state index is -0.288. The Morgan fingerprint density at radius 1 is 0.531 bits per heavy atom. The van der Waals surface area contributed by atoms with Gasteiger partial charge in [0, 0.05) is 33.9 Å². The molecular weight excluding hydrogens is 797 g/mol. The van der Waals surface area contributed by atoms with E-state index in [1.807, 2.05) is 74.5 Å². The van der Waals surface area contributed by atoms with Crippen molar-refractivity contribution in [2.45, 2.75) is 48.0 Å². The van der Waals surface area contributed by atoms with Gasteiger partial charge in [0.05, 0.1) is 60.0 Å². The number of quaternary nitrogens is 2. The monoisotopic (exact) mass is 858 g/mol. The van der Waals surface area contributed by atoms with Crippen LogP contribution in [0.2, 0.25) is 0 Å². The fourth-order valence-electron chi connectivity index (χ4n) is 5.13. The highest BCUT2D eigenvalue weighted by atomic mass is 16.5. The van der Waals surface area contributed by atoms with Crippen LogP contribution in [0.4, 0.5) is 0 Å². The molecule has 0 aliphatic rings. The fraction of sp³-hybridized carbons (Fsp3) is 0.286. The first-order valence-electron chi connectivity index (χ1n) is 20.9. The Morgan fingerprint density at radius 2 is 0.922 bits per heavy atom. The number of carbonyl (C=O) groups excluding carboxylic acids is 3. The van der Waals surface area contributed by atoms with Crippen LogP contribution < -0.4 is 9.47 Å². The first-order valence-corrected chi connectivity index (χ1v) is 20.9. The molecule has 0 aliphatic carbocycles. The van der Waals surface area contributed by atoms with Gasteiger partial charge in [-0.2, -0.15) is 9.59 Å². The lowest BCUT2D eigenvalue weighted by Gasteiger charge is -2.25. The molecule has 64 heavy (non-hydrogen) atoms. The maximum Gasteiger partial charge on any atom is 0.373 e. The Bertz CT molecular complexity index is 2530. The molecule has 0 fully saturated rings. The molecule has 0 heterocycles. The van der Waals surface area contributed by atoms with Gasteiger partial charge in [-0.25, -0.2) is 4.79 Å². The molecule has 0 saturated heterocycles. The van der Waals surface area contributed by atoms with Gasteiger partial charge in [0.1, 0.15) is 11.5 Å². The lowest BCUT2D eigenvalue weighted by atomic mass is 10.1. The van der Waals surface area contributed by atoms with E-state index in [0.29, 0.717) is 30.1 Å². The highest BCUT2D eigenvalue weighted by molar-refractivity contribution is 5.89. The fourth-order valence-corrected chi connectivity index (χ4v) is 5.13. The Hall–Kier alpha value is -7.29. The maximum absolute atomic E-state index is 11.3. The van der Waals surface area contributed by atoms with Gasteiger partial charge in [-0.1, -0.05) is 72.3 Å². The van der Waals surface area contributed by atoms with Crippen LogP contribution in [0.25, 0.3) is 0 Å². The SMILES string of the molecule is CC#Cc1ccc(C#Cc2ccc(CC)cc2)cc1.CC#Cc1ccc(C(=O)OCC)cc1.Cc1ccc(C#Cc2cc(OC[N+](C)(C)C)c(C)cc2OC[N+](C)(C)C)cc1.O=C=O. The molecule has 0 amide bonds. The second kappa shape index (κ2) is 27.6. The van der Waals surface area contributed by atoms with E-state index in [-0.39, 0.29) is 12.1 Å². The van der Waals surface area contributed by atoms with Gasteiger partial charge < -0.3 is 14.2 Å². The number of hydrogen-bond donors (Lipinski definition) is 0. The van der Waals surface area contributed by atoms with Crippen LogP contribution in [-0.4, -0.2) is 83.4 Å². The van der Waals surface area contributed by atoms with E-state index in [0.717, 1.165) is 61.3 Å². The molecule has 0 unspecified atom stereocenters. The third-order valence-corrected chi connectivity index (χ3v) is 8.42. The third kappa shape index (κ3) is 21.5. The second-order valence-electron chi connectivity index (χ2n) is 16.4. The summed E-state index contributed by atoms with van der Waals surface area (Å²) in [6.07, 6.45) is 1.31. The third-order valence-electron chi connectivity index (χ3n) is 8.42. The molecule has 0 atom stereocenters. The van der Waals surface area contributed by atoms with Crippen LogP contribution in [0.5, 0.6) is 11.5 Å². The van der Waals surface area contributed by atoms with Crippen LogP contribution in [0.1, 0.15) is 88.1 Å². The van der Waals surface area contributed by atoms with Crippen molar-refractivity contribution in [1.29, 1.82) is 0 Å². The van der Waals surface area contributed by atoms with E-state index < -0.39 is 0 Å². The first-order chi connectivity index (χ1) is 30.4. The summed E-state index contributed by atoms with van der Waals surface area (Å²) in [5.41, 5.74) is 10.0. The van der Waals surface area contributed by atoms with E-state index in [1.54, 1.807) is 26.0 Å². The zero-order valence-electron chi connectivity index (χ0n) is 39.6. The van der Waals surface area contributed by atoms with E-state index in [2.05, 4.69) is 140 Å². The number of esters is 1. The average molecular weight is 859 g/mol. The highest BCUT2D eigenvalue weighted by Crippen LogP contribution is 2.29. The Morgan fingerprint density at radius 3 is 1.34 bits per heavy atom. The van der Waals surface area contributed by atoms with Crippen molar-refractivity contribution in [3.8, 4) is 58.9 Å². The number of nitrogens with zero attached hydrogens (tertiary/aromatic N) is 2. The first kappa shape index (κ1) is 52.8. The molecule has 5 aromatic carbocycles. The van der Waals surface area contributed by atoms with E-state index in [1.165, 1.54) is 11.1 Å². The summed E-state index contributed by atoms with van der Waals surface area (Å²) in [5, 5.41) is 0. The van der Waals surface area contributed by atoms with Crippen LogP contribution >= 0.6 is 0 Å². The van der Waals surface area contributed by atoms with Gasteiger partial charge in [-0.05, 0) is 131 Å². The Balaban J connectivity index is 0.000000339. The number of rotatable bonds is 9. The molecular formula is C56H62N2O6+2. The quantitative estimate of drug-likeness (QED) is 0.0637. The second-order valence-corrected chi connectivity index (χ2v) is 16.4. The highest BCUT2D eigenvalue weighted by Gasteiger charge is 2.15. The summed E-state index contributed by atoms with van der Waals surface area (Å²) < 4.78 is 18.4. The van der Waals surface area contributed by atoms with Gasteiger partial charge in [0.2, 0.25) is 13.5 Å². The van der Waals surface area contributed by atoms with Crippen LogP contribution in [-0.2, 0) is 20.7 Å². The molecule has 0 saturated carbocycles. The average Bonchev–Trinajstić information content (AvgIpc) is 3.26. The van der Waals surface area contributed by atoms with Crippen molar-refractivity contribution in [3.63, 3.8) is 0 Å². The number of benzene rings is 5. The largest absolute Gasteiger partial charge is 0.462 e. The number of ether oxygens (including phenoxy) is 3. The zero-order valence-corrected chi connectivity index (χ0v) is 39.6. The Kier molecular flexibility index (Phi) is 22.8. The summed E-state index contributed by atoms with van der Waals surface area (Å²) in [4.78, 5) is 27.5. The van der Waals surface area contributed by atoms with Crippen molar-refractivity contribution in [1.82, 2.24) is 0 Å². The van der Waals surface area contributed by atoms with Crippen molar-refractivity contribution in [3.05, 3.63) is 165 Å². The smallest absolute Gasteiger partial charge is 0.373 e. The summed E-state index contributed by atoms with van der Waals surface area (Å²) in [7, 11) is 12.6. The molecule has 5 rings (SSSR count). The molecule has 0 spiro atoms. The summed E-state index contributed by atoms with van der Waals surface area (Å²) >= 11 is 0. The number of hydrogen-bond acceptors (Lipinski definition) is 6. The maximum atomic E-state index is 11.3.